The highest BCUT2D eigenvalue weighted by Crippen LogP contribution is 2.21. The number of hydrogen-bond acceptors (Lipinski definition) is 22. The van der Waals surface area contributed by atoms with E-state index in [-0.39, 0.29) is 35.4 Å². The molecule has 0 saturated carbocycles. The minimum atomic E-state index is -1.79. The van der Waals surface area contributed by atoms with E-state index >= 15 is 0 Å². The molecule has 2 heterocycles. The van der Waals surface area contributed by atoms with Crippen molar-refractivity contribution >= 4 is 11.8 Å². The van der Waals surface area contributed by atoms with Gasteiger partial charge in [-0.3, -0.25) is 4.79 Å². The van der Waals surface area contributed by atoms with E-state index < -0.39 is 135 Å². The number of ketones is 1. The van der Waals surface area contributed by atoms with Crippen molar-refractivity contribution in [3.05, 3.63) is 0 Å². The van der Waals surface area contributed by atoms with Crippen LogP contribution in [0.1, 0.15) is 43.1 Å². The molecule has 54 heavy (non-hydrogen) atoms. The molecule has 2 saturated heterocycles. The number of rotatable bonds is 13. The number of carboxylic acid groups (broad SMARTS) is 1. The third-order valence-corrected chi connectivity index (χ3v) is 7.64. The Morgan fingerprint density at radius 1 is 0.593 bits per heavy atom. The number of aliphatic hydroxyl groups excluding tert-OH is 17. The van der Waals surface area contributed by atoms with E-state index in [0.717, 1.165) is 6.92 Å². The van der Waals surface area contributed by atoms with Crippen LogP contribution in [0.25, 0.3) is 0 Å². The number of carbonyl (C=O) groups is 2. The number of Topliss-reactive ketones (excluding diaryl/α,β-unsaturated/α-hetero) is 1. The number of likely N-dealkylation sites (N-methyl/N-ethyl adjacent to an activating group) is 1. The summed E-state index contributed by atoms with van der Waals surface area (Å²) in [4.78, 5) is 21.0. The molecule has 18 atom stereocenters. The lowest BCUT2D eigenvalue weighted by atomic mass is 9.96. The smallest absolute Gasteiger partial charge is 0.335 e. The molecular weight excluding hydrogens is 738 g/mol. The molecule has 0 spiro atoms. The van der Waals surface area contributed by atoms with Crippen LogP contribution in [-0.4, -0.2) is 247 Å². The van der Waals surface area contributed by atoms with Crippen LogP contribution in [0.3, 0.4) is 0 Å². The number of hydrogen-bond donors (Lipinski definition) is 19. The average Bonchev–Trinajstić information content (AvgIpc) is 3.10. The van der Waals surface area contributed by atoms with E-state index in [1.807, 2.05) is 0 Å². The minimum absolute atomic E-state index is 0. The van der Waals surface area contributed by atoms with Gasteiger partial charge in [-0.15, -0.1) is 0 Å². The van der Waals surface area contributed by atoms with Crippen LogP contribution in [0, 0.1) is 0 Å². The van der Waals surface area contributed by atoms with Crippen molar-refractivity contribution < 1.29 is 111 Å². The van der Waals surface area contributed by atoms with Gasteiger partial charge < -0.3 is 107 Å². The van der Waals surface area contributed by atoms with Gasteiger partial charge in [0.15, 0.2) is 11.9 Å². The lowest BCUT2D eigenvalue weighted by molar-refractivity contribution is -0.224. The van der Waals surface area contributed by atoms with Crippen molar-refractivity contribution in [1.82, 2.24) is 5.32 Å². The van der Waals surface area contributed by atoms with Crippen LogP contribution in [0.4, 0.5) is 0 Å². The lowest BCUT2D eigenvalue weighted by Gasteiger charge is -2.38. The number of aliphatic hydroxyl groups is 17. The van der Waals surface area contributed by atoms with E-state index in [0.29, 0.717) is 0 Å². The highest BCUT2D eigenvalue weighted by atomic mass is 16.6. The van der Waals surface area contributed by atoms with E-state index in [2.05, 4.69) is 5.32 Å². The van der Waals surface area contributed by atoms with Crippen molar-refractivity contribution in [3.8, 4) is 0 Å². The molecule has 0 aromatic rings. The quantitative estimate of drug-likeness (QED) is 0.0821. The maximum absolute atomic E-state index is 10.5. The van der Waals surface area contributed by atoms with Crippen molar-refractivity contribution in [2.24, 2.45) is 0 Å². The third kappa shape index (κ3) is 19.5. The molecule has 0 radical (unpaired) electrons. The Morgan fingerprint density at radius 2 is 0.963 bits per heavy atom. The number of carbonyl (C=O) groups excluding carboxylic acids is 1. The second-order valence-electron chi connectivity index (χ2n) is 11.7. The van der Waals surface area contributed by atoms with Gasteiger partial charge in [0, 0.05) is 6.54 Å². The predicted molar refractivity (Wildman–Crippen MR) is 186 cm³/mol. The molecule has 1 unspecified atom stereocenters. The molecule has 0 aliphatic carbocycles. The van der Waals surface area contributed by atoms with E-state index in [9.17, 15) is 45.3 Å². The Labute approximate surface area is 314 Å². The van der Waals surface area contributed by atoms with Gasteiger partial charge in [-0.2, -0.15) is 0 Å². The van der Waals surface area contributed by atoms with Crippen LogP contribution in [0.5, 0.6) is 0 Å². The summed E-state index contributed by atoms with van der Waals surface area (Å²) < 4.78 is 9.80. The standard InChI is InChI=1S/C7H17NO5.C7H12O6.C7H14O6.C7H14O5.3CH4/c1-8-2-4(10)6(12)7(13)5(11)3-9;1-2-3(8)4(9)5(10)6(13-2)7(11)12;1-3(9)5(11)7(13)6(12)4(10)2-8;1-3-5(9)7(11)6(10)4(2-8)12-3;;;/h4-13H,2-3H2,1H3;2-6,8-10H,1H3,(H,11,12);4-8,10-13H,2H2,1H3;3-11H,2H2,1H3;3*1H4/t4-,5+,6+,7+;2-,3-,4+,5-,6-;4-,5+,6-,7-;3-,4?,5-,6+,7+;;;/m0010.../s1. The predicted octanol–water partition coefficient (Wildman–Crippen LogP) is -8.65. The van der Waals surface area contributed by atoms with Gasteiger partial charge in [0.1, 0.15) is 85.5 Å². The Balaban J connectivity index is -0.000000194. The van der Waals surface area contributed by atoms with Crippen LogP contribution < -0.4 is 5.32 Å². The first kappa shape index (κ1) is 61.6. The third-order valence-electron chi connectivity index (χ3n) is 7.64. The first-order chi connectivity index (χ1) is 23.5. The molecule has 330 valence electrons. The highest BCUT2D eigenvalue weighted by molar-refractivity contribution is 5.80. The Bertz CT molecular complexity index is 946. The second kappa shape index (κ2) is 30.5. The fourth-order valence-corrected chi connectivity index (χ4v) is 4.20. The number of ether oxygens (including phenoxy) is 2. The molecule has 2 aliphatic rings. The van der Waals surface area contributed by atoms with Gasteiger partial charge in [0.05, 0.1) is 38.1 Å². The summed E-state index contributed by atoms with van der Waals surface area (Å²) in [6.07, 6.45) is -24.1. The Hall–Kier alpha value is -1.66. The van der Waals surface area contributed by atoms with Crippen LogP contribution in [0.2, 0.25) is 0 Å². The zero-order chi connectivity index (χ0) is 40.5. The van der Waals surface area contributed by atoms with Crippen molar-refractivity contribution in [1.29, 1.82) is 0 Å². The first-order valence-electron chi connectivity index (χ1n) is 15.5. The Morgan fingerprint density at radius 3 is 1.31 bits per heavy atom. The van der Waals surface area contributed by atoms with E-state index in [1.165, 1.54) is 6.92 Å². The maximum Gasteiger partial charge on any atom is 0.335 e. The molecule has 2 rings (SSSR count). The minimum Gasteiger partial charge on any atom is -0.479 e. The average molecular weight is 808 g/mol. The SMILES string of the molecule is C.C.C.CC(=O)[C@H](O)[C@@H](O)[C@H](O)[C@H](O)CO.CNC[C@H](O)[C@@H](O)[C@H](O)[C@H](O)CO.C[C@@H]1OC(CO)[C@@H](O)[C@H](O)[C@H]1O.C[C@@H]1O[C@H](C(=O)O)[C@@H](O)[C@H](O)[C@H]1O. The van der Waals surface area contributed by atoms with Gasteiger partial charge in [-0.1, -0.05) is 22.3 Å². The molecule has 0 aromatic carbocycles. The summed E-state index contributed by atoms with van der Waals surface area (Å²) >= 11 is 0. The number of nitrogens with one attached hydrogen (secondary N) is 1. The molecular formula is C31H69NO22. The Kier molecular flexibility index (Phi) is 34.7. The largest absolute Gasteiger partial charge is 0.479 e. The van der Waals surface area contributed by atoms with Crippen LogP contribution in [0.15, 0.2) is 0 Å². The summed E-state index contributed by atoms with van der Waals surface area (Å²) in [6, 6.07) is 0. The molecule has 0 aromatic heterocycles. The molecule has 0 amide bonds. The van der Waals surface area contributed by atoms with Crippen molar-refractivity contribution in [3.63, 3.8) is 0 Å². The van der Waals surface area contributed by atoms with Gasteiger partial charge in [-0.25, -0.2) is 4.79 Å². The summed E-state index contributed by atoms with van der Waals surface area (Å²) in [5.74, 6) is -2.08. The van der Waals surface area contributed by atoms with Gasteiger partial charge in [-0.05, 0) is 27.8 Å². The highest BCUT2D eigenvalue weighted by Gasteiger charge is 2.45. The van der Waals surface area contributed by atoms with E-state index in [1.54, 1.807) is 14.0 Å². The van der Waals surface area contributed by atoms with Crippen LogP contribution >= 0.6 is 0 Å². The summed E-state index contributed by atoms with van der Waals surface area (Å²) in [5, 5.41) is 164. The second-order valence-corrected chi connectivity index (χ2v) is 11.7. The summed E-state index contributed by atoms with van der Waals surface area (Å²) in [7, 11) is 1.57. The summed E-state index contributed by atoms with van der Waals surface area (Å²) in [6.45, 7) is 2.34. The normalized spacial score (nSPS) is 31.9. The fraction of sp³-hybridized carbons (Fsp3) is 0.935. The molecule has 23 heteroatoms. The van der Waals surface area contributed by atoms with Gasteiger partial charge in [0.2, 0.25) is 0 Å². The number of carboxylic acids is 1. The maximum atomic E-state index is 10.5. The number of aliphatic carboxylic acids is 1. The van der Waals surface area contributed by atoms with Gasteiger partial charge >= 0.3 is 5.97 Å². The lowest BCUT2D eigenvalue weighted by Crippen LogP contribution is -2.58. The fourth-order valence-electron chi connectivity index (χ4n) is 4.20. The first-order valence-corrected chi connectivity index (χ1v) is 15.5. The molecule has 23 nitrogen and oxygen atoms in total. The van der Waals surface area contributed by atoms with Crippen LogP contribution in [-0.2, 0) is 19.1 Å². The molecule has 19 N–H and O–H groups in total. The molecule has 0 bridgehead atoms. The van der Waals surface area contributed by atoms with E-state index in [4.69, 9.17) is 65.6 Å². The zero-order valence-corrected chi connectivity index (χ0v) is 28.4. The topological polar surface area (TPSA) is 429 Å². The van der Waals surface area contributed by atoms with Crippen molar-refractivity contribution in [2.45, 2.75) is 153 Å². The summed E-state index contributed by atoms with van der Waals surface area (Å²) in [5.41, 5.74) is 0. The molecule has 2 fully saturated rings. The monoisotopic (exact) mass is 807 g/mol. The van der Waals surface area contributed by atoms with Gasteiger partial charge in [0.25, 0.3) is 0 Å². The zero-order valence-electron chi connectivity index (χ0n) is 28.4. The van der Waals surface area contributed by atoms with Crippen molar-refractivity contribution in [2.75, 3.05) is 33.4 Å². The molecule has 2 aliphatic heterocycles.